The van der Waals surface area contributed by atoms with Crippen LogP contribution in [0, 0.1) is 5.92 Å². The minimum atomic E-state index is 0.0551. The highest BCUT2D eigenvalue weighted by Crippen LogP contribution is 2.19. The van der Waals surface area contributed by atoms with E-state index in [2.05, 4.69) is 15.3 Å². The lowest BCUT2D eigenvalue weighted by Gasteiger charge is -2.36. The Bertz CT molecular complexity index is 493. The van der Waals surface area contributed by atoms with Gasteiger partial charge in [-0.15, -0.1) is 0 Å². The minimum Gasteiger partial charge on any atom is -0.379 e. The van der Waals surface area contributed by atoms with E-state index in [4.69, 9.17) is 4.74 Å². The summed E-state index contributed by atoms with van der Waals surface area (Å²) < 4.78 is 7.25. The van der Waals surface area contributed by atoms with Crippen LogP contribution >= 0.6 is 0 Å². The van der Waals surface area contributed by atoms with Crippen molar-refractivity contribution in [1.29, 1.82) is 0 Å². The molecule has 2 amide bonds. The monoisotopic (exact) mass is 335 g/mol. The van der Waals surface area contributed by atoms with E-state index in [1.54, 1.807) is 6.20 Å². The van der Waals surface area contributed by atoms with Gasteiger partial charge in [-0.3, -0.25) is 9.58 Å². The molecule has 2 aliphatic heterocycles. The van der Waals surface area contributed by atoms with Gasteiger partial charge in [0.1, 0.15) is 0 Å². The molecule has 1 aromatic rings. The second-order valence-corrected chi connectivity index (χ2v) is 6.92. The zero-order valence-electron chi connectivity index (χ0n) is 14.6. The first-order valence-electron chi connectivity index (χ1n) is 9.03. The van der Waals surface area contributed by atoms with Crippen molar-refractivity contribution in [3.63, 3.8) is 0 Å². The highest BCUT2D eigenvalue weighted by atomic mass is 16.5. The lowest BCUT2D eigenvalue weighted by Crippen LogP contribution is -2.49. The van der Waals surface area contributed by atoms with E-state index >= 15 is 0 Å². The molecule has 0 radical (unpaired) electrons. The number of likely N-dealkylation sites (tertiary alicyclic amines) is 1. The van der Waals surface area contributed by atoms with E-state index in [1.807, 2.05) is 28.8 Å². The van der Waals surface area contributed by atoms with E-state index < -0.39 is 0 Å². The standard InChI is InChI=1S/C17H29N5O2/c1-15(13-22-6-2-5-18-22)19-17(23)21-7-3-16(4-8-21)14-20-9-11-24-12-10-20/h2,5-6,15-16H,3-4,7-14H2,1H3,(H,19,23)/t15-/m0/s1. The van der Waals surface area contributed by atoms with Crippen LogP contribution in [0.25, 0.3) is 0 Å². The highest BCUT2D eigenvalue weighted by Gasteiger charge is 2.25. The third-order valence-electron chi connectivity index (χ3n) is 4.91. The number of hydrogen-bond donors (Lipinski definition) is 1. The number of rotatable bonds is 5. The van der Waals surface area contributed by atoms with Gasteiger partial charge in [0.2, 0.25) is 0 Å². The summed E-state index contributed by atoms with van der Waals surface area (Å²) in [5.74, 6) is 0.702. The van der Waals surface area contributed by atoms with E-state index in [0.29, 0.717) is 12.5 Å². The SMILES string of the molecule is C[C@@H](Cn1cccn1)NC(=O)N1CCC(CN2CCOCC2)CC1. The smallest absolute Gasteiger partial charge is 0.317 e. The van der Waals surface area contributed by atoms with Crippen molar-refractivity contribution >= 4 is 6.03 Å². The van der Waals surface area contributed by atoms with Gasteiger partial charge in [0, 0.05) is 51.2 Å². The van der Waals surface area contributed by atoms with Crippen LogP contribution in [0.1, 0.15) is 19.8 Å². The molecule has 134 valence electrons. The van der Waals surface area contributed by atoms with Crippen LogP contribution in [0.5, 0.6) is 0 Å². The number of hydrogen-bond acceptors (Lipinski definition) is 4. The fourth-order valence-corrected chi connectivity index (χ4v) is 3.50. The normalized spacial score (nSPS) is 21.6. The van der Waals surface area contributed by atoms with Crippen LogP contribution in [-0.2, 0) is 11.3 Å². The van der Waals surface area contributed by atoms with Gasteiger partial charge >= 0.3 is 6.03 Å². The number of ether oxygens (including phenoxy) is 1. The molecule has 24 heavy (non-hydrogen) atoms. The first-order valence-corrected chi connectivity index (χ1v) is 9.03. The topological polar surface area (TPSA) is 62.6 Å². The van der Waals surface area contributed by atoms with Crippen molar-refractivity contribution < 1.29 is 9.53 Å². The van der Waals surface area contributed by atoms with Crippen LogP contribution < -0.4 is 5.32 Å². The van der Waals surface area contributed by atoms with Gasteiger partial charge in [-0.1, -0.05) is 0 Å². The molecule has 3 heterocycles. The minimum absolute atomic E-state index is 0.0551. The molecule has 1 N–H and O–H groups in total. The summed E-state index contributed by atoms with van der Waals surface area (Å²) in [5.41, 5.74) is 0. The molecule has 2 aliphatic rings. The average molecular weight is 335 g/mol. The molecule has 0 unspecified atom stereocenters. The lowest BCUT2D eigenvalue weighted by atomic mass is 9.96. The summed E-state index contributed by atoms with van der Waals surface area (Å²) in [7, 11) is 0. The number of amides is 2. The Kier molecular flexibility index (Phi) is 6.09. The van der Waals surface area contributed by atoms with Gasteiger partial charge in [-0.25, -0.2) is 4.79 Å². The molecule has 0 bridgehead atoms. The van der Waals surface area contributed by atoms with Gasteiger partial charge in [-0.2, -0.15) is 5.10 Å². The fourth-order valence-electron chi connectivity index (χ4n) is 3.50. The molecular weight excluding hydrogens is 306 g/mol. The number of aromatic nitrogens is 2. The van der Waals surface area contributed by atoms with Crippen molar-refractivity contribution in [3.8, 4) is 0 Å². The zero-order chi connectivity index (χ0) is 16.8. The second kappa shape index (κ2) is 8.48. The number of carbonyl (C=O) groups excluding carboxylic acids is 1. The van der Waals surface area contributed by atoms with Gasteiger partial charge in [0.05, 0.1) is 19.8 Å². The zero-order valence-corrected chi connectivity index (χ0v) is 14.6. The van der Waals surface area contributed by atoms with Gasteiger partial charge in [-0.05, 0) is 31.7 Å². The van der Waals surface area contributed by atoms with Crippen molar-refractivity contribution in [2.24, 2.45) is 5.92 Å². The Morgan fingerprint density at radius 3 is 2.71 bits per heavy atom. The van der Waals surface area contributed by atoms with E-state index in [-0.39, 0.29) is 12.1 Å². The number of piperidine rings is 1. The summed E-state index contributed by atoms with van der Waals surface area (Å²) in [6.07, 6.45) is 5.87. The molecule has 0 aliphatic carbocycles. The number of morpholine rings is 1. The van der Waals surface area contributed by atoms with E-state index in [0.717, 1.165) is 58.8 Å². The number of nitrogens with one attached hydrogen (secondary N) is 1. The third kappa shape index (κ3) is 4.95. The lowest BCUT2D eigenvalue weighted by molar-refractivity contribution is 0.0258. The van der Waals surface area contributed by atoms with Crippen LogP contribution in [0.2, 0.25) is 0 Å². The van der Waals surface area contributed by atoms with Crippen LogP contribution in [-0.4, -0.2) is 77.6 Å². The molecule has 0 spiro atoms. The number of urea groups is 1. The number of carbonyl (C=O) groups is 1. The Morgan fingerprint density at radius 2 is 2.04 bits per heavy atom. The van der Waals surface area contributed by atoms with Gasteiger partial charge < -0.3 is 15.0 Å². The molecule has 2 saturated heterocycles. The van der Waals surface area contributed by atoms with Crippen LogP contribution in [0.4, 0.5) is 4.79 Å². The summed E-state index contributed by atoms with van der Waals surface area (Å²) in [6, 6.07) is 2.02. The molecule has 2 fully saturated rings. The average Bonchev–Trinajstić information content (AvgIpc) is 3.09. The largest absolute Gasteiger partial charge is 0.379 e. The summed E-state index contributed by atoms with van der Waals surface area (Å²) in [6.45, 7) is 9.39. The van der Waals surface area contributed by atoms with Crippen molar-refractivity contribution in [3.05, 3.63) is 18.5 Å². The summed E-state index contributed by atoms with van der Waals surface area (Å²) >= 11 is 0. The number of nitrogens with zero attached hydrogens (tertiary/aromatic N) is 4. The molecule has 3 rings (SSSR count). The molecule has 1 atom stereocenters. The molecule has 0 saturated carbocycles. The van der Waals surface area contributed by atoms with Crippen molar-refractivity contribution in [2.45, 2.75) is 32.4 Å². The van der Waals surface area contributed by atoms with Crippen molar-refractivity contribution in [1.82, 2.24) is 24.9 Å². The molecule has 7 nitrogen and oxygen atoms in total. The van der Waals surface area contributed by atoms with Crippen LogP contribution in [0.3, 0.4) is 0 Å². The van der Waals surface area contributed by atoms with E-state index in [1.165, 1.54) is 0 Å². The molecule has 1 aromatic heterocycles. The maximum absolute atomic E-state index is 12.4. The molecule has 0 aromatic carbocycles. The van der Waals surface area contributed by atoms with Crippen LogP contribution in [0.15, 0.2) is 18.5 Å². The Morgan fingerprint density at radius 1 is 1.29 bits per heavy atom. The van der Waals surface area contributed by atoms with Gasteiger partial charge in [0.25, 0.3) is 0 Å². The summed E-state index contributed by atoms with van der Waals surface area (Å²) in [5, 5.41) is 7.26. The first kappa shape index (κ1) is 17.2. The fraction of sp³-hybridized carbons (Fsp3) is 0.765. The summed E-state index contributed by atoms with van der Waals surface area (Å²) in [4.78, 5) is 16.8. The molecule has 7 heteroatoms. The first-order chi connectivity index (χ1) is 11.7. The van der Waals surface area contributed by atoms with E-state index in [9.17, 15) is 4.79 Å². The second-order valence-electron chi connectivity index (χ2n) is 6.92. The predicted molar refractivity (Wildman–Crippen MR) is 91.8 cm³/mol. The maximum atomic E-state index is 12.4. The predicted octanol–water partition coefficient (Wildman–Crippen LogP) is 1.03. The highest BCUT2D eigenvalue weighted by molar-refractivity contribution is 5.74. The van der Waals surface area contributed by atoms with Crippen molar-refractivity contribution in [2.75, 3.05) is 45.9 Å². The maximum Gasteiger partial charge on any atom is 0.317 e. The quantitative estimate of drug-likeness (QED) is 0.873. The Labute approximate surface area is 143 Å². The third-order valence-corrected chi connectivity index (χ3v) is 4.91. The Hall–Kier alpha value is -1.60. The van der Waals surface area contributed by atoms with Gasteiger partial charge in [0.15, 0.2) is 0 Å². The molecular formula is C17H29N5O2. The Balaban J connectivity index is 1.36.